The second-order valence-corrected chi connectivity index (χ2v) is 4.03. The summed E-state index contributed by atoms with van der Waals surface area (Å²) in [4.78, 5) is 18.3. The fourth-order valence-electron chi connectivity index (χ4n) is 1.88. The zero-order chi connectivity index (χ0) is 13.8. The SMILES string of the molecule is CCOc1cccc(-c2nc(C(=O)O)c(CC)[nH]2)c1. The number of carboxylic acid groups (broad SMARTS) is 1. The number of aromatic nitrogens is 2. The Kier molecular flexibility index (Phi) is 3.85. The molecule has 0 saturated heterocycles. The third kappa shape index (κ3) is 2.76. The van der Waals surface area contributed by atoms with Gasteiger partial charge in [-0.05, 0) is 25.5 Å². The predicted molar refractivity (Wildman–Crippen MR) is 71.5 cm³/mol. The van der Waals surface area contributed by atoms with Crippen molar-refractivity contribution in [3.05, 3.63) is 35.7 Å². The Bertz CT molecular complexity index is 590. The molecule has 5 heteroatoms. The maximum absolute atomic E-state index is 11.1. The summed E-state index contributed by atoms with van der Waals surface area (Å²) >= 11 is 0. The summed E-state index contributed by atoms with van der Waals surface area (Å²) in [5.41, 5.74) is 1.52. The Hall–Kier alpha value is -2.30. The summed E-state index contributed by atoms with van der Waals surface area (Å²) in [5, 5.41) is 9.09. The highest BCUT2D eigenvalue weighted by Crippen LogP contribution is 2.23. The molecule has 5 nitrogen and oxygen atoms in total. The molecular weight excluding hydrogens is 244 g/mol. The number of carboxylic acids is 1. The Morgan fingerprint density at radius 3 is 2.79 bits per heavy atom. The number of imidazole rings is 1. The van der Waals surface area contributed by atoms with Gasteiger partial charge in [0, 0.05) is 11.3 Å². The number of H-pyrrole nitrogens is 1. The van der Waals surface area contributed by atoms with E-state index < -0.39 is 5.97 Å². The molecule has 0 saturated carbocycles. The Labute approximate surface area is 111 Å². The van der Waals surface area contributed by atoms with Gasteiger partial charge in [-0.15, -0.1) is 0 Å². The Balaban J connectivity index is 2.41. The molecule has 19 heavy (non-hydrogen) atoms. The molecule has 0 aliphatic rings. The van der Waals surface area contributed by atoms with Crippen LogP contribution in [0.4, 0.5) is 0 Å². The van der Waals surface area contributed by atoms with Crippen molar-refractivity contribution < 1.29 is 14.6 Å². The van der Waals surface area contributed by atoms with E-state index in [9.17, 15) is 4.79 Å². The van der Waals surface area contributed by atoms with Crippen LogP contribution in [0.5, 0.6) is 5.75 Å². The number of hydrogen-bond acceptors (Lipinski definition) is 3. The quantitative estimate of drug-likeness (QED) is 0.866. The first-order chi connectivity index (χ1) is 9.15. The van der Waals surface area contributed by atoms with Gasteiger partial charge in [0.25, 0.3) is 0 Å². The average Bonchev–Trinajstić information content (AvgIpc) is 2.84. The summed E-state index contributed by atoms with van der Waals surface area (Å²) in [5.74, 6) is 0.280. The summed E-state index contributed by atoms with van der Waals surface area (Å²) in [7, 11) is 0. The molecule has 2 aromatic rings. The van der Waals surface area contributed by atoms with Crippen molar-refractivity contribution >= 4 is 5.97 Å². The molecular formula is C14H16N2O3. The molecule has 2 rings (SSSR count). The minimum atomic E-state index is -1.01. The maximum atomic E-state index is 11.1. The number of nitrogens with zero attached hydrogens (tertiary/aromatic N) is 1. The van der Waals surface area contributed by atoms with Crippen LogP contribution < -0.4 is 4.74 Å². The van der Waals surface area contributed by atoms with Crippen molar-refractivity contribution in [3.63, 3.8) is 0 Å². The molecule has 0 atom stereocenters. The van der Waals surface area contributed by atoms with Gasteiger partial charge < -0.3 is 14.8 Å². The summed E-state index contributed by atoms with van der Waals surface area (Å²) in [6.45, 7) is 4.39. The first kappa shape index (κ1) is 13.1. The van der Waals surface area contributed by atoms with Crippen LogP contribution >= 0.6 is 0 Å². The lowest BCUT2D eigenvalue weighted by Gasteiger charge is -2.04. The number of aromatic amines is 1. The van der Waals surface area contributed by atoms with Gasteiger partial charge >= 0.3 is 5.97 Å². The average molecular weight is 260 g/mol. The van der Waals surface area contributed by atoms with E-state index in [1.54, 1.807) is 0 Å². The first-order valence-electron chi connectivity index (χ1n) is 6.21. The lowest BCUT2D eigenvalue weighted by molar-refractivity contribution is 0.0690. The minimum Gasteiger partial charge on any atom is -0.494 e. The minimum absolute atomic E-state index is 0.0827. The molecule has 1 aromatic heterocycles. The number of aryl methyl sites for hydroxylation is 1. The van der Waals surface area contributed by atoms with E-state index in [1.165, 1.54) is 0 Å². The molecule has 0 fully saturated rings. The van der Waals surface area contributed by atoms with Crippen molar-refractivity contribution in [2.24, 2.45) is 0 Å². The summed E-state index contributed by atoms with van der Waals surface area (Å²) in [6.07, 6.45) is 0.597. The van der Waals surface area contributed by atoms with Crippen molar-refractivity contribution in [2.75, 3.05) is 6.61 Å². The Morgan fingerprint density at radius 2 is 2.21 bits per heavy atom. The van der Waals surface area contributed by atoms with Gasteiger partial charge in [0.15, 0.2) is 5.69 Å². The predicted octanol–water partition coefficient (Wildman–Crippen LogP) is 2.74. The van der Waals surface area contributed by atoms with Crippen molar-refractivity contribution in [3.8, 4) is 17.1 Å². The summed E-state index contributed by atoms with van der Waals surface area (Å²) < 4.78 is 5.42. The third-order valence-electron chi connectivity index (χ3n) is 2.75. The van der Waals surface area contributed by atoms with E-state index in [4.69, 9.17) is 9.84 Å². The van der Waals surface area contributed by atoms with E-state index in [2.05, 4.69) is 9.97 Å². The molecule has 0 amide bonds. The molecule has 0 spiro atoms. The Morgan fingerprint density at radius 1 is 1.42 bits per heavy atom. The van der Waals surface area contributed by atoms with E-state index in [-0.39, 0.29) is 5.69 Å². The molecule has 0 aliphatic heterocycles. The van der Waals surface area contributed by atoms with Crippen molar-refractivity contribution in [2.45, 2.75) is 20.3 Å². The van der Waals surface area contributed by atoms with E-state index in [0.29, 0.717) is 24.5 Å². The van der Waals surface area contributed by atoms with Gasteiger partial charge in [0.2, 0.25) is 0 Å². The van der Waals surface area contributed by atoms with Crippen LogP contribution in [0.15, 0.2) is 24.3 Å². The van der Waals surface area contributed by atoms with E-state index in [1.807, 2.05) is 38.1 Å². The van der Waals surface area contributed by atoms with Crippen LogP contribution in [-0.2, 0) is 6.42 Å². The van der Waals surface area contributed by atoms with Gasteiger partial charge in [-0.25, -0.2) is 9.78 Å². The van der Waals surface area contributed by atoms with E-state index >= 15 is 0 Å². The first-order valence-corrected chi connectivity index (χ1v) is 6.21. The number of nitrogens with one attached hydrogen (secondary N) is 1. The third-order valence-corrected chi connectivity index (χ3v) is 2.75. The number of hydrogen-bond donors (Lipinski definition) is 2. The second kappa shape index (κ2) is 5.56. The normalized spacial score (nSPS) is 10.4. The van der Waals surface area contributed by atoms with Crippen LogP contribution in [0.1, 0.15) is 30.0 Å². The lowest BCUT2D eigenvalue weighted by atomic mass is 10.2. The number of benzene rings is 1. The standard InChI is InChI=1S/C14H16N2O3/c1-3-11-12(14(17)18)16-13(15-11)9-6-5-7-10(8-9)19-4-2/h5-8H,3-4H2,1-2H3,(H,15,16)(H,17,18). The molecule has 0 aliphatic carbocycles. The second-order valence-electron chi connectivity index (χ2n) is 4.03. The van der Waals surface area contributed by atoms with Crippen LogP contribution in [-0.4, -0.2) is 27.7 Å². The van der Waals surface area contributed by atoms with Crippen LogP contribution in [0.2, 0.25) is 0 Å². The monoisotopic (exact) mass is 260 g/mol. The number of rotatable bonds is 5. The molecule has 0 bridgehead atoms. The van der Waals surface area contributed by atoms with Gasteiger partial charge in [0.1, 0.15) is 11.6 Å². The largest absolute Gasteiger partial charge is 0.494 e. The van der Waals surface area contributed by atoms with Crippen LogP contribution in [0.3, 0.4) is 0 Å². The molecule has 0 unspecified atom stereocenters. The smallest absolute Gasteiger partial charge is 0.356 e. The topological polar surface area (TPSA) is 75.2 Å². The number of aromatic carboxylic acids is 1. The fourth-order valence-corrected chi connectivity index (χ4v) is 1.88. The maximum Gasteiger partial charge on any atom is 0.356 e. The van der Waals surface area contributed by atoms with Gasteiger partial charge in [-0.3, -0.25) is 0 Å². The zero-order valence-electron chi connectivity index (χ0n) is 10.9. The van der Waals surface area contributed by atoms with Crippen LogP contribution in [0, 0.1) is 0 Å². The fraction of sp³-hybridized carbons (Fsp3) is 0.286. The lowest BCUT2D eigenvalue weighted by Crippen LogP contribution is -2.00. The number of carbonyl (C=O) groups is 1. The van der Waals surface area contributed by atoms with Crippen molar-refractivity contribution in [1.82, 2.24) is 9.97 Å². The van der Waals surface area contributed by atoms with Crippen molar-refractivity contribution in [1.29, 1.82) is 0 Å². The highest BCUT2D eigenvalue weighted by Gasteiger charge is 2.16. The van der Waals surface area contributed by atoms with Crippen LogP contribution in [0.25, 0.3) is 11.4 Å². The number of ether oxygens (including phenoxy) is 1. The van der Waals surface area contributed by atoms with Gasteiger partial charge in [-0.1, -0.05) is 19.1 Å². The van der Waals surface area contributed by atoms with Gasteiger partial charge in [0.05, 0.1) is 6.61 Å². The molecule has 1 heterocycles. The highest BCUT2D eigenvalue weighted by atomic mass is 16.5. The highest BCUT2D eigenvalue weighted by molar-refractivity contribution is 5.87. The summed E-state index contributed by atoms with van der Waals surface area (Å²) in [6, 6.07) is 7.42. The molecule has 100 valence electrons. The molecule has 0 radical (unpaired) electrons. The zero-order valence-corrected chi connectivity index (χ0v) is 10.9. The molecule has 1 aromatic carbocycles. The van der Waals surface area contributed by atoms with E-state index in [0.717, 1.165) is 11.3 Å². The van der Waals surface area contributed by atoms with Gasteiger partial charge in [-0.2, -0.15) is 0 Å². The molecule has 2 N–H and O–H groups in total.